The third-order valence-corrected chi connectivity index (χ3v) is 5.61. The van der Waals surface area contributed by atoms with E-state index in [4.69, 9.17) is 31.3 Å². The molecule has 2 unspecified atom stereocenters. The molecule has 0 saturated carbocycles. The third kappa shape index (κ3) is 6.93. The number of nitrogen functional groups attached to an aromatic ring is 1. The second-order valence-corrected chi connectivity index (χ2v) is 11.7. The van der Waals surface area contributed by atoms with Crippen molar-refractivity contribution in [3.8, 4) is 0 Å². The van der Waals surface area contributed by atoms with Crippen LogP contribution in [0.1, 0.15) is 60.6 Å². The minimum atomic E-state index is -3.47. The summed E-state index contributed by atoms with van der Waals surface area (Å²) in [6.07, 6.45) is 1.13. The molecule has 1 saturated heterocycles. The Kier molecular flexibility index (Phi) is 6.56. The maximum Gasteiger partial charge on any atom is 0.351 e. The highest BCUT2D eigenvalue weighted by Crippen LogP contribution is 2.52. The molecule has 4 atom stereocenters. The summed E-state index contributed by atoms with van der Waals surface area (Å²) in [5, 5.41) is 0. The molecule has 0 aromatic carbocycles. The van der Waals surface area contributed by atoms with Crippen molar-refractivity contribution in [2.75, 3.05) is 5.73 Å². The number of ether oxygens (including phenoxy) is 1. The van der Waals surface area contributed by atoms with E-state index < -0.39 is 30.3 Å². The fourth-order valence-corrected chi connectivity index (χ4v) is 5.25. The summed E-state index contributed by atoms with van der Waals surface area (Å²) in [7, 11) is 0. The average molecular weight is 419 g/mol. The third-order valence-electron chi connectivity index (χ3n) is 3.81. The summed E-state index contributed by atoms with van der Waals surface area (Å²) in [6.45, 7) is 8.17. The highest BCUT2D eigenvalue weighted by molar-refractivity contribution is 8.07. The van der Waals surface area contributed by atoms with Crippen LogP contribution in [0.2, 0.25) is 0 Å². The van der Waals surface area contributed by atoms with E-state index in [1.165, 1.54) is 10.6 Å². The van der Waals surface area contributed by atoms with E-state index in [9.17, 15) is 9.69 Å². The van der Waals surface area contributed by atoms with E-state index in [0.717, 1.165) is 0 Å². The molecule has 0 bridgehead atoms. The lowest BCUT2D eigenvalue weighted by Crippen LogP contribution is -2.29. The van der Waals surface area contributed by atoms with Crippen molar-refractivity contribution < 1.29 is 18.7 Å². The van der Waals surface area contributed by atoms with Gasteiger partial charge in [0.2, 0.25) is 0 Å². The summed E-state index contributed by atoms with van der Waals surface area (Å²) in [5.74, 6) is 0.151. The van der Waals surface area contributed by atoms with Crippen molar-refractivity contribution >= 4 is 24.3 Å². The lowest BCUT2D eigenvalue weighted by atomic mass is 9.87. The average Bonchev–Trinajstić information content (AvgIpc) is 2.75. The van der Waals surface area contributed by atoms with E-state index in [1.807, 2.05) is 0 Å². The zero-order valence-electron chi connectivity index (χ0n) is 16.7. The van der Waals surface area contributed by atoms with Gasteiger partial charge in [-0.1, -0.05) is 20.8 Å². The first-order valence-corrected chi connectivity index (χ1v) is 11.5. The SMILES string of the molecule is CC(C)(C)C[C@H]1O[C@@H](n2ccc(N)nc2=O)CC1OP(O)(=S)OC(C)(C)C. The van der Waals surface area contributed by atoms with Crippen molar-refractivity contribution in [3.63, 3.8) is 0 Å². The van der Waals surface area contributed by atoms with Crippen LogP contribution < -0.4 is 11.4 Å². The lowest BCUT2D eigenvalue weighted by molar-refractivity contribution is -0.0388. The molecule has 0 radical (unpaired) electrons. The zero-order valence-corrected chi connectivity index (χ0v) is 18.4. The second kappa shape index (κ2) is 7.89. The molecule has 1 aliphatic heterocycles. The normalized spacial score (nSPS) is 26.1. The second-order valence-electron chi connectivity index (χ2n) is 8.99. The Bertz CT molecular complexity index is 771. The largest absolute Gasteiger partial charge is 0.383 e. The van der Waals surface area contributed by atoms with E-state index >= 15 is 0 Å². The van der Waals surface area contributed by atoms with Crippen LogP contribution in [0.25, 0.3) is 0 Å². The van der Waals surface area contributed by atoms with E-state index in [0.29, 0.717) is 12.8 Å². The van der Waals surface area contributed by atoms with Crippen LogP contribution in [-0.4, -0.2) is 32.3 Å². The molecule has 0 spiro atoms. The van der Waals surface area contributed by atoms with Gasteiger partial charge in [0, 0.05) is 12.6 Å². The van der Waals surface area contributed by atoms with Crippen molar-refractivity contribution in [2.45, 2.75) is 78.4 Å². The fourth-order valence-electron chi connectivity index (χ4n) is 2.95. The summed E-state index contributed by atoms with van der Waals surface area (Å²) in [4.78, 5) is 26.4. The van der Waals surface area contributed by atoms with Gasteiger partial charge in [-0.05, 0) is 50.5 Å². The maximum absolute atomic E-state index is 12.2. The Hall–Kier alpha value is -0.830. The van der Waals surface area contributed by atoms with Crippen LogP contribution in [-0.2, 0) is 25.6 Å². The van der Waals surface area contributed by atoms with Crippen molar-refractivity contribution in [3.05, 3.63) is 22.7 Å². The molecular weight excluding hydrogens is 389 g/mol. The highest BCUT2D eigenvalue weighted by Gasteiger charge is 2.42. The highest BCUT2D eigenvalue weighted by atomic mass is 32.5. The van der Waals surface area contributed by atoms with Gasteiger partial charge in [0.25, 0.3) is 0 Å². The molecule has 8 nitrogen and oxygen atoms in total. The van der Waals surface area contributed by atoms with Crippen LogP contribution in [0.5, 0.6) is 0 Å². The van der Waals surface area contributed by atoms with Gasteiger partial charge < -0.3 is 24.4 Å². The van der Waals surface area contributed by atoms with Gasteiger partial charge in [-0.2, -0.15) is 4.98 Å². The first-order valence-electron chi connectivity index (χ1n) is 8.87. The summed E-state index contributed by atoms with van der Waals surface area (Å²) in [6, 6.07) is 1.54. The predicted octanol–water partition coefficient (Wildman–Crippen LogP) is 2.97. The van der Waals surface area contributed by atoms with Crippen LogP contribution in [0.15, 0.2) is 17.1 Å². The molecule has 1 aromatic heterocycles. The molecule has 0 aliphatic carbocycles. The van der Waals surface area contributed by atoms with Crippen LogP contribution in [0.3, 0.4) is 0 Å². The predicted molar refractivity (Wildman–Crippen MR) is 108 cm³/mol. The van der Waals surface area contributed by atoms with E-state index in [-0.39, 0.29) is 17.3 Å². The van der Waals surface area contributed by atoms with Gasteiger partial charge in [0.05, 0.1) is 17.8 Å². The minimum Gasteiger partial charge on any atom is -0.383 e. The molecule has 1 aliphatic rings. The molecule has 3 N–H and O–H groups in total. The van der Waals surface area contributed by atoms with Gasteiger partial charge in [0.1, 0.15) is 12.0 Å². The Morgan fingerprint density at radius 2 is 2.04 bits per heavy atom. The van der Waals surface area contributed by atoms with Crippen molar-refractivity contribution in [2.24, 2.45) is 5.41 Å². The molecule has 0 amide bonds. The first-order chi connectivity index (χ1) is 12.2. The Morgan fingerprint density at radius 1 is 1.41 bits per heavy atom. The summed E-state index contributed by atoms with van der Waals surface area (Å²) < 4.78 is 18.8. The summed E-state index contributed by atoms with van der Waals surface area (Å²) in [5.41, 5.74) is 4.38. The number of nitrogens with two attached hydrogens (primary N) is 1. The molecule has 1 aromatic rings. The molecule has 1 fully saturated rings. The van der Waals surface area contributed by atoms with Crippen LogP contribution >= 0.6 is 6.72 Å². The van der Waals surface area contributed by atoms with E-state index in [1.54, 1.807) is 27.0 Å². The van der Waals surface area contributed by atoms with Gasteiger partial charge in [-0.3, -0.25) is 4.57 Å². The Balaban J connectivity index is 2.24. The smallest absolute Gasteiger partial charge is 0.351 e. The number of anilines is 1. The van der Waals surface area contributed by atoms with Gasteiger partial charge in [-0.25, -0.2) is 4.79 Å². The van der Waals surface area contributed by atoms with Crippen molar-refractivity contribution in [1.82, 2.24) is 9.55 Å². The van der Waals surface area contributed by atoms with Gasteiger partial charge in [-0.15, -0.1) is 0 Å². The number of hydrogen-bond acceptors (Lipinski definition) is 7. The molecule has 10 heteroatoms. The molecule has 27 heavy (non-hydrogen) atoms. The standard InChI is InChI=1S/C17H30N3O5PS/c1-16(2,3)10-12-11(24-26(22,27)25-17(4,5)6)9-14(23-12)20-8-7-13(18)19-15(20)21/h7-8,11-12,14H,9-10H2,1-6H3,(H,22,27)(H2,18,19,21)/t11?,12-,14-,26?/m1/s1. The lowest BCUT2D eigenvalue weighted by Gasteiger charge is -2.31. The maximum atomic E-state index is 12.2. The van der Waals surface area contributed by atoms with Crippen LogP contribution in [0.4, 0.5) is 5.82 Å². The van der Waals surface area contributed by atoms with E-state index in [2.05, 4.69) is 25.8 Å². The number of rotatable bonds is 5. The first kappa shape index (κ1) is 22.5. The molecule has 2 rings (SSSR count). The number of nitrogens with zero attached hydrogens (tertiary/aromatic N) is 2. The number of aromatic nitrogens is 2. The van der Waals surface area contributed by atoms with Crippen LogP contribution in [0, 0.1) is 5.41 Å². The molecule has 2 heterocycles. The monoisotopic (exact) mass is 419 g/mol. The number of hydrogen-bond donors (Lipinski definition) is 2. The zero-order chi connectivity index (χ0) is 20.6. The fraction of sp³-hybridized carbons (Fsp3) is 0.765. The minimum absolute atomic E-state index is 0.0472. The van der Waals surface area contributed by atoms with Crippen molar-refractivity contribution in [1.29, 1.82) is 0 Å². The molecular formula is C17H30N3O5PS. The molecule has 154 valence electrons. The Morgan fingerprint density at radius 3 is 2.56 bits per heavy atom. The van der Waals surface area contributed by atoms with Gasteiger partial charge >= 0.3 is 12.4 Å². The quantitative estimate of drug-likeness (QED) is 0.701. The topological polar surface area (TPSA) is 109 Å². The van der Waals surface area contributed by atoms with Gasteiger partial charge in [0.15, 0.2) is 0 Å². The summed E-state index contributed by atoms with van der Waals surface area (Å²) >= 11 is 5.19. The Labute approximate surface area is 165 Å².